The number of carbonyl (C=O) groups is 1. The zero-order valence-corrected chi connectivity index (χ0v) is 13.5. The Morgan fingerprint density at radius 1 is 1.32 bits per heavy atom. The third kappa shape index (κ3) is 7.63. The van der Waals surface area contributed by atoms with E-state index in [1.54, 1.807) is 0 Å². The molecule has 0 unspecified atom stereocenters. The fraction of sp³-hybridized carbons (Fsp3) is 0.929. The molecule has 1 saturated heterocycles. The van der Waals surface area contributed by atoms with Gasteiger partial charge in [-0.05, 0) is 59.0 Å². The molecule has 4 nitrogen and oxygen atoms in total. The number of nitrogens with one attached hydrogen (secondary N) is 1. The molecule has 0 atom stereocenters. The molecule has 19 heavy (non-hydrogen) atoms. The van der Waals surface area contributed by atoms with Crippen LogP contribution in [0.15, 0.2) is 0 Å². The number of amides is 1. The molecule has 0 aromatic carbocycles. The molecule has 1 rings (SSSR count). The van der Waals surface area contributed by atoms with Crippen LogP contribution in [0.2, 0.25) is 0 Å². The molecule has 0 aromatic rings. The Morgan fingerprint density at radius 2 is 1.89 bits per heavy atom. The van der Waals surface area contributed by atoms with Crippen LogP contribution >= 0.6 is 12.4 Å². The number of carbonyl (C=O) groups excluding carboxylic acids is 1. The summed E-state index contributed by atoms with van der Waals surface area (Å²) in [6.45, 7) is 11.7. The second-order valence-electron chi connectivity index (χ2n) is 6.11. The van der Waals surface area contributed by atoms with Crippen LogP contribution < -0.4 is 5.32 Å². The molecule has 0 bridgehead atoms. The van der Waals surface area contributed by atoms with Crippen molar-refractivity contribution >= 4 is 18.5 Å². The summed E-state index contributed by atoms with van der Waals surface area (Å²) in [5.74, 6) is 0.704. The molecule has 1 aliphatic rings. The van der Waals surface area contributed by atoms with E-state index in [1.807, 2.05) is 25.7 Å². The summed E-state index contributed by atoms with van der Waals surface area (Å²) >= 11 is 0. The van der Waals surface area contributed by atoms with Gasteiger partial charge in [0.25, 0.3) is 0 Å². The Bertz CT molecular complexity index is 259. The Kier molecular flexibility index (Phi) is 8.42. The number of nitrogens with zero attached hydrogens (tertiary/aromatic N) is 1. The lowest BCUT2D eigenvalue weighted by Gasteiger charge is -2.33. The van der Waals surface area contributed by atoms with Gasteiger partial charge in [-0.1, -0.05) is 6.92 Å². The fourth-order valence-corrected chi connectivity index (χ4v) is 2.13. The second-order valence-corrected chi connectivity index (χ2v) is 6.11. The van der Waals surface area contributed by atoms with E-state index in [2.05, 4.69) is 12.2 Å². The quantitative estimate of drug-likeness (QED) is 0.810. The second kappa shape index (κ2) is 8.64. The van der Waals surface area contributed by atoms with Gasteiger partial charge in [-0.15, -0.1) is 12.4 Å². The molecule has 0 saturated carbocycles. The average molecular weight is 293 g/mol. The van der Waals surface area contributed by atoms with Gasteiger partial charge in [0.15, 0.2) is 0 Å². The van der Waals surface area contributed by atoms with Crippen molar-refractivity contribution in [3.63, 3.8) is 0 Å². The molecule has 1 N–H and O–H groups in total. The normalized spacial score (nSPS) is 16.9. The highest BCUT2D eigenvalue weighted by Crippen LogP contribution is 2.19. The lowest BCUT2D eigenvalue weighted by molar-refractivity contribution is 0.0184. The van der Waals surface area contributed by atoms with Crippen molar-refractivity contribution in [1.29, 1.82) is 0 Å². The van der Waals surface area contributed by atoms with Crippen LogP contribution in [-0.2, 0) is 4.74 Å². The van der Waals surface area contributed by atoms with Gasteiger partial charge >= 0.3 is 6.09 Å². The maximum atomic E-state index is 11.9. The molecule has 0 spiro atoms. The summed E-state index contributed by atoms with van der Waals surface area (Å²) in [7, 11) is 0. The number of rotatable bonds is 4. The minimum Gasteiger partial charge on any atom is -0.444 e. The number of hydrogen-bond donors (Lipinski definition) is 1. The van der Waals surface area contributed by atoms with Crippen molar-refractivity contribution in [2.75, 3.05) is 26.2 Å². The fourth-order valence-electron chi connectivity index (χ4n) is 2.13. The topological polar surface area (TPSA) is 41.6 Å². The molecule has 0 aromatic heterocycles. The van der Waals surface area contributed by atoms with E-state index < -0.39 is 5.60 Å². The third-order valence-corrected chi connectivity index (χ3v) is 3.13. The van der Waals surface area contributed by atoms with Crippen LogP contribution in [0.4, 0.5) is 4.79 Å². The van der Waals surface area contributed by atoms with Crippen LogP contribution in [0.3, 0.4) is 0 Å². The smallest absolute Gasteiger partial charge is 0.410 e. The Morgan fingerprint density at radius 3 is 2.37 bits per heavy atom. The van der Waals surface area contributed by atoms with E-state index in [4.69, 9.17) is 4.74 Å². The number of piperidine rings is 1. The van der Waals surface area contributed by atoms with Gasteiger partial charge in [0.05, 0.1) is 0 Å². The zero-order valence-electron chi connectivity index (χ0n) is 12.7. The third-order valence-electron chi connectivity index (χ3n) is 3.13. The average Bonchev–Trinajstić information content (AvgIpc) is 2.28. The summed E-state index contributed by atoms with van der Waals surface area (Å²) in [6.07, 6.45) is 3.17. The van der Waals surface area contributed by atoms with Gasteiger partial charge in [-0.2, -0.15) is 0 Å². The van der Waals surface area contributed by atoms with Crippen molar-refractivity contribution in [2.45, 2.75) is 52.6 Å². The minimum atomic E-state index is -0.392. The highest BCUT2D eigenvalue weighted by Gasteiger charge is 2.26. The molecular formula is C14H29ClN2O2. The maximum Gasteiger partial charge on any atom is 0.410 e. The summed E-state index contributed by atoms with van der Waals surface area (Å²) in [5.41, 5.74) is -0.392. The Balaban J connectivity index is 0.00000324. The lowest BCUT2D eigenvalue weighted by atomic mass is 9.97. The summed E-state index contributed by atoms with van der Waals surface area (Å²) in [4.78, 5) is 13.7. The van der Waals surface area contributed by atoms with Crippen LogP contribution in [0.1, 0.15) is 47.0 Å². The number of hydrogen-bond acceptors (Lipinski definition) is 3. The SMILES string of the molecule is CCCNCC1CCN(C(=O)OC(C)(C)C)CC1.Cl. The molecule has 0 radical (unpaired) electrons. The molecular weight excluding hydrogens is 264 g/mol. The highest BCUT2D eigenvalue weighted by molar-refractivity contribution is 5.85. The van der Waals surface area contributed by atoms with Gasteiger partial charge in [0.2, 0.25) is 0 Å². The summed E-state index contributed by atoms with van der Waals surface area (Å²) in [5, 5.41) is 3.45. The van der Waals surface area contributed by atoms with E-state index in [1.165, 1.54) is 6.42 Å². The van der Waals surface area contributed by atoms with Crippen LogP contribution in [-0.4, -0.2) is 42.8 Å². The van der Waals surface area contributed by atoms with Crippen LogP contribution in [0.25, 0.3) is 0 Å². The van der Waals surface area contributed by atoms with E-state index in [0.29, 0.717) is 5.92 Å². The van der Waals surface area contributed by atoms with E-state index >= 15 is 0 Å². The van der Waals surface area contributed by atoms with E-state index in [-0.39, 0.29) is 18.5 Å². The Hall–Kier alpha value is -0.480. The lowest BCUT2D eigenvalue weighted by Crippen LogP contribution is -2.43. The van der Waals surface area contributed by atoms with Gasteiger partial charge < -0.3 is 15.0 Å². The van der Waals surface area contributed by atoms with Crippen molar-refractivity contribution in [2.24, 2.45) is 5.92 Å². The standard InChI is InChI=1S/C14H28N2O2.ClH/c1-5-8-15-11-12-6-9-16(10-7-12)13(17)18-14(2,3)4;/h12,15H,5-11H2,1-4H3;1H. The van der Waals surface area contributed by atoms with Gasteiger partial charge in [-0.3, -0.25) is 0 Å². The molecule has 1 amide bonds. The number of likely N-dealkylation sites (tertiary alicyclic amines) is 1. The van der Waals surface area contributed by atoms with Crippen LogP contribution in [0.5, 0.6) is 0 Å². The van der Waals surface area contributed by atoms with E-state index in [0.717, 1.165) is 39.0 Å². The first-order valence-electron chi connectivity index (χ1n) is 7.11. The van der Waals surface area contributed by atoms with Gasteiger partial charge in [-0.25, -0.2) is 4.79 Å². The molecule has 1 aliphatic heterocycles. The van der Waals surface area contributed by atoms with Crippen molar-refractivity contribution in [3.8, 4) is 0 Å². The number of ether oxygens (including phenoxy) is 1. The largest absolute Gasteiger partial charge is 0.444 e. The summed E-state index contributed by atoms with van der Waals surface area (Å²) < 4.78 is 5.38. The minimum absolute atomic E-state index is 0. The first-order chi connectivity index (χ1) is 8.42. The van der Waals surface area contributed by atoms with Gasteiger partial charge in [0.1, 0.15) is 5.60 Å². The maximum absolute atomic E-state index is 11.9. The van der Waals surface area contributed by atoms with Crippen molar-refractivity contribution in [3.05, 3.63) is 0 Å². The van der Waals surface area contributed by atoms with Crippen molar-refractivity contribution < 1.29 is 9.53 Å². The van der Waals surface area contributed by atoms with E-state index in [9.17, 15) is 4.79 Å². The van der Waals surface area contributed by atoms with Crippen molar-refractivity contribution in [1.82, 2.24) is 10.2 Å². The molecule has 114 valence electrons. The molecule has 0 aliphatic carbocycles. The molecule has 1 fully saturated rings. The number of halogens is 1. The van der Waals surface area contributed by atoms with Crippen LogP contribution in [0, 0.1) is 5.92 Å². The summed E-state index contributed by atoms with van der Waals surface area (Å²) in [6, 6.07) is 0. The predicted molar refractivity (Wildman–Crippen MR) is 80.9 cm³/mol. The first kappa shape index (κ1) is 18.5. The molecule has 5 heteroatoms. The zero-order chi connectivity index (χ0) is 13.6. The Labute approximate surface area is 123 Å². The predicted octanol–water partition coefficient (Wildman–Crippen LogP) is 3.05. The van der Waals surface area contributed by atoms with Gasteiger partial charge in [0, 0.05) is 13.1 Å². The first-order valence-corrected chi connectivity index (χ1v) is 7.11. The molecule has 1 heterocycles. The highest BCUT2D eigenvalue weighted by atomic mass is 35.5. The monoisotopic (exact) mass is 292 g/mol.